The second-order valence-electron chi connectivity index (χ2n) is 7.11. The van der Waals surface area contributed by atoms with E-state index in [4.69, 9.17) is 20.2 Å². The summed E-state index contributed by atoms with van der Waals surface area (Å²) in [4.78, 5) is 22.7. The van der Waals surface area contributed by atoms with Crippen molar-refractivity contribution >= 4 is 23.0 Å². The van der Waals surface area contributed by atoms with Gasteiger partial charge >= 0.3 is 0 Å². The van der Waals surface area contributed by atoms with Gasteiger partial charge in [-0.25, -0.2) is 0 Å². The Morgan fingerprint density at radius 3 is 2.38 bits per heavy atom. The molecule has 0 unspecified atom stereocenters. The molecule has 0 fully saturated rings. The second-order valence-corrected chi connectivity index (χ2v) is 7.11. The van der Waals surface area contributed by atoms with Crippen LogP contribution in [0.3, 0.4) is 0 Å². The number of amides is 1. The van der Waals surface area contributed by atoms with E-state index in [0.717, 1.165) is 22.3 Å². The monoisotopic (exact) mass is 438 g/mol. The van der Waals surface area contributed by atoms with Gasteiger partial charge < -0.3 is 20.1 Å². The van der Waals surface area contributed by atoms with E-state index in [9.17, 15) is 4.79 Å². The number of aryl methyl sites for hydroxylation is 1. The van der Waals surface area contributed by atoms with Gasteiger partial charge in [-0.05, 0) is 37.1 Å². The molecule has 0 aliphatic heterocycles. The van der Waals surface area contributed by atoms with Crippen molar-refractivity contribution in [3.8, 4) is 0 Å². The molecule has 0 spiro atoms. The maximum absolute atomic E-state index is 12.3. The van der Waals surface area contributed by atoms with Crippen LogP contribution in [0.4, 0.5) is 0 Å². The lowest BCUT2D eigenvalue weighted by Crippen LogP contribution is -2.39. The fourth-order valence-electron chi connectivity index (χ4n) is 3.01. The summed E-state index contributed by atoms with van der Waals surface area (Å²) >= 11 is 0. The van der Waals surface area contributed by atoms with Gasteiger partial charge in [0.1, 0.15) is 13.7 Å². The number of nitrogens with two attached hydrogens (primary N) is 1. The number of hydrogen-bond acceptors (Lipinski definition) is 5. The number of benzene rings is 2. The normalized spacial score (nSPS) is 12.3. The molecule has 0 saturated carbocycles. The molecule has 0 aliphatic rings. The number of nitrogens with one attached hydrogen (secondary N) is 1. The summed E-state index contributed by atoms with van der Waals surface area (Å²) in [7, 11) is 2.93. The Labute approximate surface area is 187 Å². The third-order valence-electron chi connectivity index (χ3n) is 4.71. The van der Waals surface area contributed by atoms with Crippen LogP contribution >= 0.6 is 0 Å². The molecule has 0 aliphatic carbocycles. The van der Waals surface area contributed by atoms with Crippen LogP contribution in [-0.2, 0) is 21.1 Å². The summed E-state index contributed by atoms with van der Waals surface area (Å²) in [5.74, 6) is 0.0356. The molecule has 0 radical (unpaired) electrons. The zero-order valence-electron chi connectivity index (χ0n) is 19.0. The number of carbonyl (C=O) groups is 1. The average molecular weight is 439 g/mol. The molecule has 2 rings (SSSR count). The number of allylic oxidation sites excluding steroid dienone is 2. The number of rotatable bonds is 9. The van der Waals surface area contributed by atoms with Gasteiger partial charge in [-0.2, -0.15) is 0 Å². The topological polar surface area (TPSA) is 121 Å². The fourth-order valence-corrected chi connectivity index (χ4v) is 3.01. The fraction of sp³-hybridized carbons (Fsp3) is 0.250. The summed E-state index contributed by atoms with van der Waals surface area (Å²) in [6.07, 6.45) is 1.61. The third-order valence-corrected chi connectivity index (χ3v) is 4.71. The van der Waals surface area contributed by atoms with Gasteiger partial charge in [-0.15, -0.1) is 0 Å². The highest BCUT2D eigenvalue weighted by Crippen LogP contribution is 2.18. The molecule has 0 saturated heterocycles. The highest BCUT2D eigenvalue weighted by Gasteiger charge is 2.19. The van der Waals surface area contributed by atoms with Crippen molar-refractivity contribution in [2.75, 3.05) is 14.2 Å². The Bertz CT molecular complexity index is 1070. The quantitative estimate of drug-likeness (QED) is 0.265. The van der Waals surface area contributed by atoms with E-state index in [1.807, 2.05) is 50.2 Å². The minimum Gasteiger partial charge on any atom is -0.596 e. The van der Waals surface area contributed by atoms with Crippen molar-refractivity contribution in [3.63, 3.8) is 0 Å². The molecule has 0 bridgehead atoms. The van der Waals surface area contributed by atoms with Crippen LogP contribution in [0.5, 0.6) is 0 Å². The molecule has 8 heteroatoms. The highest BCUT2D eigenvalue weighted by atomic mass is 16.6. The van der Waals surface area contributed by atoms with Crippen LogP contribution in [0.15, 0.2) is 64.6 Å². The Hall–Kier alpha value is -3.94. The van der Waals surface area contributed by atoms with Crippen LogP contribution in [-0.4, -0.2) is 42.3 Å². The van der Waals surface area contributed by atoms with Gasteiger partial charge in [-0.3, -0.25) is 10.2 Å². The van der Waals surface area contributed by atoms with Crippen LogP contribution in [0.25, 0.3) is 0 Å². The SMILES string of the molecule is CNC(=O)/C(=N/OC)c1cccc(C)c1CO/N=C(\C)c1ccc(C(=[NH2+])/C=C(/C)[OH2+])cc1. The van der Waals surface area contributed by atoms with Crippen LogP contribution in [0.2, 0.25) is 0 Å². The number of likely N-dealkylation sites (N-methyl/N-ethyl adjacent to an activating group) is 1. The van der Waals surface area contributed by atoms with E-state index in [1.165, 1.54) is 14.2 Å². The minimum absolute atomic E-state index is 0.158. The molecule has 0 atom stereocenters. The Kier molecular flexibility index (Phi) is 8.71. The maximum atomic E-state index is 12.3. The standard InChI is InChI=1S/C24H28N4O4/c1-15-7-6-8-20(23(28-31-5)24(30)26-4)21(15)14-32-27-17(3)18-9-11-19(12-10-18)22(25)13-16(2)29/h6-13,25,29H,14H2,1-5H3,(H,26,30)/p+2/b16-13-,25-22?,27-17+,28-23+. The Balaban J connectivity index is 2.21. The molecule has 0 heterocycles. The van der Waals surface area contributed by atoms with Gasteiger partial charge in [0.05, 0.1) is 11.8 Å². The maximum Gasteiger partial charge on any atom is 0.273 e. The molecular formula is C24H30N4O4+2. The van der Waals surface area contributed by atoms with Crippen molar-refractivity contribution in [2.45, 2.75) is 27.4 Å². The molecule has 2 aromatic rings. The van der Waals surface area contributed by atoms with E-state index >= 15 is 0 Å². The lowest BCUT2D eigenvalue weighted by atomic mass is 9.98. The summed E-state index contributed by atoms with van der Waals surface area (Å²) in [5.41, 5.74) is 5.45. The number of hydrogen-bond donors (Lipinski definition) is 2. The molecule has 168 valence electrons. The largest absolute Gasteiger partial charge is 0.596 e. The molecule has 5 N–H and O–H groups in total. The van der Waals surface area contributed by atoms with Crippen LogP contribution in [0, 0.1) is 6.92 Å². The third kappa shape index (κ3) is 6.28. The summed E-state index contributed by atoms with van der Waals surface area (Å²) in [6.45, 7) is 5.61. The molecule has 2 aromatic carbocycles. The van der Waals surface area contributed by atoms with Crippen molar-refractivity contribution in [2.24, 2.45) is 10.3 Å². The summed E-state index contributed by atoms with van der Waals surface area (Å²) in [5, 5.41) is 24.2. The predicted octanol–water partition coefficient (Wildman–Crippen LogP) is 1.21. The van der Waals surface area contributed by atoms with Gasteiger partial charge in [0.2, 0.25) is 11.5 Å². The van der Waals surface area contributed by atoms with Gasteiger partial charge in [0, 0.05) is 30.7 Å². The lowest BCUT2D eigenvalue weighted by Gasteiger charge is -2.13. The minimum atomic E-state index is -0.356. The van der Waals surface area contributed by atoms with Crippen molar-refractivity contribution in [1.82, 2.24) is 5.32 Å². The number of oxime groups is 2. The van der Waals surface area contributed by atoms with Crippen LogP contribution in [0.1, 0.15) is 41.7 Å². The van der Waals surface area contributed by atoms with E-state index in [1.54, 1.807) is 19.1 Å². The predicted molar refractivity (Wildman–Crippen MR) is 126 cm³/mol. The van der Waals surface area contributed by atoms with Gasteiger partial charge in [0.25, 0.3) is 5.91 Å². The van der Waals surface area contributed by atoms with Crippen LogP contribution < -0.4 is 10.7 Å². The Morgan fingerprint density at radius 1 is 1.12 bits per heavy atom. The Morgan fingerprint density at radius 2 is 1.78 bits per heavy atom. The first kappa shape index (κ1) is 24.3. The first-order chi connectivity index (χ1) is 15.3. The van der Waals surface area contributed by atoms with Gasteiger partial charge in [0.15, 0.2) is 5.71 Å². The zero-order chi connectivity index (χ0) is 23.7. The average Bonchev–Trinajstić information content (AvgIpc) is 2.77. The first-order valence-corrected chi connectivity index (χ1v) is 10.00. The van der Waals surface area contributed by atoms with Crippen molar-refractivity contribution in [3.05, 3.63) is 82.1 Å². The molecular weight excluding hydrogens is 408 g/mol. The summed E-state index contributed by atoms with van der Waals surface area (Å²) in [6, 6.07) is 13.1. The smallest absolute Gasteiger partial charge is 0.273 e. The number of carbonyl (C=O) groups excluding carboxylic acids is 1. The lowest BCUT2D eigenvalue weighted by molar-refractivity contribution is -0.114. The second kappa shape index (κ2) is 11.5. The zero-order valence-corrected chi connectivity index (χ0v) is 19.0. The van der Waals surface area contributed by atoms with E-state index < -0.39 is 0 Å². The molecule has 1 amide bonds. The van der Waals surface area contributed by atoms with Gasteiger partial charge in [-0.1, -0.05) is 40.6 Å². The van der Waals surface area contributed by atoms with Crippen molar-refractivity contribution < 1.29 is 25.0 Å². The number of nitrogens with zero attached hydrogens (tertiary/aromatic N) is 2. The van der Waals surface area contributed by atoms with Crippen molar-refractivity contribution in [1.29, 1.82) is 0 Å². The highest BCUT2D eigenvalue weighted by molar-refractivity contribution is 6.45. The first-order valence-electron chi connectivity index (χ1n) is 10.00. The molecule has 8 nitrogen and oxygen atoms in total. The van der Waals surface area contributed by atoms with E-state index in [2.05, 4.69) is 15.6 Å². The molecule has 32 heavy (non-hydrogen) atoms. The van der Waals surface area contributed by atoms with E-state index in [-0.39, 0.29) is 18.2 Å². The summed E-state index contributed by atoms with van der Waals surface area (Å²) < 4.78 is 0. The molecule has 0 aromatic heterocycles. The van der Waals surface area contributed by atoms with E-state index in [0.29, 0.717) is 22.7 Å².